The number of rotatable bonds is 0. The van der Waals surface area contributed by atoms with Crippen molar-refractivity contribution >= 4 is 0 Å². The second kappa shape index (κ2) is 1.46. The summed E-state index contributed by atoms with van der Waals surface area (Å²) in [6.45, 7) is 0. The van der Waals surface area contributed by atoms with Crippen molar-refractivity contribution in [2.45, 2.75) is 25.7 Å². The maximum absolute atomic E-state index is 12.5. The molecule has 0 amide bonds. The van der Waals surface area contributed by atoms with Crippen LogP contribution in [0.3, 0.4) is 0 Å². The van der Waals surface area contributed by atoms with Gasteiger partial charge in [0.15, 0.2) is 0 Å². The highest BCUT2D eigenvalue weighted by Crippen LogP contribution is 2.49. The molecule has 0 nitrogen and oxygen atoms in total. The molecule has 45 valence electrons. The highest BCUT2D eigenvalue weighted by molar-refractivity contribution is 5.01. The van der Waals surface area contributed by atoms with Crippen LogP contribution in [0.4, 0.5) is 4.39 Å². The van der Waals surface area contributed by atoms with E-state index in [9.17, 15) is 4.39 Å². The molecule has 2 atom stereocenters. The van der Waals surface area contributed by atoms with Gasteiger partial charge in [-0.1, -0.05) is 0 Å². The summed E-state index contributed by atoms with van der Waals surface area (Å²) in [5, 5.41) is 0. The van der Waals surface area contributed by atoms with E-state index in [0.717, 1.165) is 25.2 Å². The Balaban J connectivity index is 2.11. The summed E-state index contributed by atoms with van der Waals surface area (Å²) in [7, 11) is 0. The normalized spacial score (nSPS) is 46.1. The van der Waals surface area contributed by atoms with Crippen LogP contribution in [0.2, 0.25) is 0 Å². The predicted octanol–water partition coefficient (Wildman–Crippen LogP) is 2.31. The average Bonchev–Trinajstić information content (AvgIpc) is 2.23. The van der Waals surface area contributed by atoms with Gasteiger partial charge < -0.3 is 0 Å². The molecule has 0 aliphatic heterocycles. The van der Waals surface area contributed by atoms with Crippen LogP contribution in [-0.4, -0.2) is 0 Å². The zero-order chi connectivity index (χ0) is 5.56. The lowest BCUT2D eigenvalue weighted by molar-refractivity contribution is 0.348. The molecular weight excluding hydrogens is 103 g/mol. The third-order valence-electron chi connectivity index (χ3n) is 2.47. The van der Waals surface area contributed by atoms with E-state index in [1.165, 1.54) is 6.42 Å². The highest BCUT2D eigenvalue weighted by atomic mass is 19.1. The van der Waals surface area contributed by atoms with Crippen molar-refractivity contribution in [1.82, 2.24) is 0 Å². The van der Waals surface area contributed by atoms with Crippen LogP contribution in [0.25, 0.3) is 0 Å². The van der Waals surface area contributed by atoms with Crippen LogP contribution in [0.1, 0.15) is 25.7 Å². The van der Waals surface area contributed by atoms with Crippen LogP contribution < -0.4 is 0 Å². The Morgan fingerprint density at radius 3 is 2.50 bits per heavy atom. The van der Waals surface area contributed by atoms with Gasteiger partial charge in [-0.2, -0.15) is 0 Å². The van der Waals surface area contributed by atoms with Crippen LogP contribution in [0.5, 0.6) is 0 Å². The van der Waals surface area contributed by atoms with Gasteiger partial charge in [0.2, 0.25) is 0 Å². The van der Waals surface area contributed by atoms with Crippen molar-refractivity contribution in [3.05, 3.63) is 6.17 Å². The van der Waals surface area contributed by atoms with Gasteiger partial charge in [0.1, 0.15) is 6.17 Å². The first-order valence-corrected chi connectivity index (χ1v) is 3.37. The zero-order valence-electron chi connectivity index (χ0n) is 4.86. The molecule has 2 saturated carbocycles. The molecule has 0 saturated heterocycles. The third kappa shape index (κ3) is 0.503. The van der Waals surface area contributed by atoms with Gasteiger partial charge in [-0.15, -0.1) is 0 Å². The maximum atomic E-state index is 12.5. The molecule has 0 aromatic rings. The van der Waals surface area contributed by atoms with Crippen molar-refractivity contribution in [3.8, 4) is 0 Å². The number of hydrogen-bond donors (Lipinski definition) is 0. The minimum Gasteiger partial charge on any atom is -0.240 e. The number of fused-ring (bicyclic) bond motifs is 2. The molecule has 2 aliphatic rings. The lowest BCUT2D eigenvalue weighted by atomic mass is 9.99. The first-order valence-electron chi connectivity index (χ1n) is 3.37. The predicted molar refractivity (Wildman–Crippen MR) is 29.8 cm³/mol. The lowest BCUT2D eigenvalue weighted by Gasteiger charge is -2.10. The topological polar surface area (TPSA) is 0 Å². The number of hydrogen-bond acceptors (Lipinski definition) is 0. The summed E-state index contributed by atoms with van der Waals surface area (Å²) in [5.74, 6) is 1.12. The molecule has 2 unspecified atom stereocenters. The summed E-state index contributed by atoms with van der Waals surface area (Å²) in [5.41, 5.74) is 0. The van der Waals surface area contributed by atoms with E-state index < -0.39 is 0 Å². The number of halogens is 1. The smallest absolute Gasteiger partial charge is 0.148 e. The second-order valence-corrected chi connectivity index (χ2v) is 3.03. The van der Waals surface area contributed by atoms with E-state index >= 15 is 0 Å². The largest absolute Gasteiger partial charge is 0.240 e. The van der Waals surface area contributed by atoms with Gasteiger partial charge in [0.05, 0.1) is 0 Å². The van der Waals surface area contributed by atoms with E-state index in [-0.39, 0.29) is 0 Å². The van der Waals surface area contributed by atoms with Crippen molar-refractivity contribution in [1.29, 1.82) is 0 Å². The van der Waals surface area contributed by atoms with Gasteiger partial charge >= 0.3 is 0 Å². The van der Waals surface area contributed by atoms with E-state index in [1.807, 2.05) is 0 Å². The molecular formula is C7H10F. The maximum Gasteiger partial charge on any atom is 0.148 e. The minimum atomic E-state index is 0.293. The summed E-state index contributed by atoms with van der Waals surface area (Å²) in [4.78, 5) is 0. The van der Waals surface area contributed by atoms with Gasteiger partial charge in [-0.25, -0.2) is 4.39 Å². The van der Waals surface area contributed by atoms with Crippen molar-refractivity contribution in [2.75, 3.05) is 0 Å². The van der Waals surface area contributed by atoms with Gasteiger partial charge in [0, 0.05) is 0 Å². The Morgan fingerprint density at radius 2 is 2.25 bits per heavy atom. The fraction of sp³-hybridized carbons (Fsp3) is 0.857. The monoisotopic (exact) mass is 113 g/mol. The molecule has 0 heterocycles. The fourth-order valence-corrected chi connectivity index (χ4v) is 1.99. The molecule has 2 fully saturated rings. The minimum absolute atomic E-state index is 0.293. The second-order valence-electron chi connectivity index (χ2n) is 3.03. The molecule has 1 radical (unpaired) electrons. The molecule has 2 bridgehead atoms. The molecule has 8 heavy (non-hydrogen) atoms. The molecule has 0 aromatic heterocycles. The first kappa shape index (κ1) is 4.78. The third-order valence-corrected chi connectivity index (χ3v) is 2.47. The van der Waals surface area contributed by atoms with Crippen LogP contribution in [0.15, 0.2) is 0 Å². The van der Waals surface area contributed by atoms with E-state index in [2.05, 4.69) is 0 Å². The Hall–Kier alpha value is -0.0700. The molecule has 2 aliphatic carbocycles. The van der Waals surface area contributed by atoms with E-state index in [4.69, 9.17) is 0 Å². The zero-order valence-corrected chi connectivity index (χ0v) is 4.86. The molecule has 2 rings (SSSR count). The van der Waals surface area contributed by atoms with E-state index in [1.54, 1.807) is 0 Å². The quantitative estimate of drug-likeness (QED) is 0.452. The Bertz CT molecular complexity index is 98.6. The van der Waals surface area contributed by atoms with Crippen LogP contribution in [0, 0.1) is 18.0 Å². The molecule has 0 aromatic carbocycles. The Kier molecular flexibility index (Phi) is 0.870. The van der Waals surface area contributed by atoms with Crippen LogP contribution >= 0.6 is 0 Å². The van der Waals surface area contributed by atoms with Gasteiger partial charge in [-0.05, 0) is 37.5 Å². The summed E-state index contributed by atoms with van der Waals surface area (Å²) in [6, 6.07) is 0. The Labute approximate surface area is 49.1 Å². The summed E-state index contributed by atoms with van der Waals surface area (Å²) >= 11 is 0. The molecule has 1 heteroatoms. The average molecular weight is 113 g/mol. The van der Waals surface area contributed by atoms with Crippen molar-refractivity contribution < 1.29 is 4.39 Å². The van der Waals surface area contributed by atoms with Crippen molar-refractivity contribution in [2.24, 2.45) is 11.8 Å². The van der Waals surface area contributed by atoms with E-state index in [0.29, 0.717) is 12.1 Å². The molecule has 0 spiro atoms. The summed E-state index contributed by atoms with van der Waals surface area (Å²) < 4.78 is 12.5. The standard InChI is InChI=1S/C7H10F/c8-7-4-5-1-2-6(7)3-5/h5-6H,1-4H2. The van der Waals surface area contributed by atoms with Gasteiger partial charge in [-0.3, -0.25) is 0 Å². The molecule has 0 N–H and O–H groups in total. The van der Waals surface area contributed by atoms with Gasteiger partial charge in [0.25, 0.3) is 0 Å². The summed E-state index contributed by atoms with van der Waals surface area (Å²) in [6.07, 6.45) is 4.67. The lowest BCUT2D eigenvalue weighted by Crippen LogP contribution is -2.01. The highest BCUT2D eigenvalue weighted by Gasteiger charge is 2.40. The SMILES string of the molecule is F[C]1CC2CCC1C2. The fourth-order valence-electron chi connectivity index (χ4n) is 1.99. The Morgan fingerprint density at radius 1 is 1.38 bits per heavy atom. The first-order chi connectivity index (χ1) is 3.86. The van der Waals surface area contributed by atoms with Crippen LogP contribution in [-0.2, 0) is 0 Å². The van der Waals surface area contributed by atoms with Crippen molar-refractivity contribution in [3.63, 3.8) is 0 Å².